The van der Waals surface area contributed by atoms with Gasteiger partial charge in [0.25, 0.3) is 0 Å². The van der Waals surface area contributed by atoms with Gasteiger partial charge < -0.3 is 5.11 Å². The molecule has 0 radical (unpaired) electrons. The topological polar surface area (TPSA) is 71.4 Å². The van der Waals surface area contributed by atoms with Crippen molar-refractivity contribution in [1.82, 2.24) is 0 Å². The van der Waals surface area contributed by atoms with E-state index in [-0.39, 0.29) is 16.2 Å². The van der Waals surface area contributed by atoms with Crippen LogP contribution in [0.4, 0.5) is 0 Å². The van der Waals surface area contributed by atoms with Gasteiger partial charge in [-0.2, -0.15) is 0 Å². The van der Waals surface area contributed by atoms with E-state index in [0.29, 0.717) is 10.4 Å². The van der Waals surface area contributed by atoms with Crippen LogP contribution in [0, 0.1) is 6.92 Å². The second kappa shape index (κ2) is 5.67. The second-order valence-electron chi connectivity index (χ2n) is 4.25. The van der Waals surface area contributed by atoms with Crippen LogP contribution in [0.2, 0.25) is 0 Å². The van der Waals surface area contributed by atoms with Crippen LogP contribution < -0.4 is 0 Å². The number of rotatable bonds is 4. The van der Waals surface area contributed by atoms with Gasteiger partial charge in [0.05, 0.1) is 20.0 Å². The number of sulfone groups is 1. The van der Waals surface area contributed by atoms with Crippen molar-refractivity contribution in [2.24, 2.45) is 0 Å². The van der Waals surface area contributed by atoms with Gasteiger partial charge in [0, 0.05) is 4.88 Å². The first-order valence-corrected chi connectivity index (χ1v) is 8.87. The Labute approximate surface area is 129 Å². The zero-order valence-electron chi connectivity index (χ0n) is 10.5. The SMILES string of the molecule is Cc1ccc(C(=O)O)cc1S(=O)(=O)Cc1ccc(Br)s1. The molecular weight excluding hydrogens is 364 g/mol. The van der Waals surface area contributed by atoms with Crippen molar-refractivity contribution >= 4 is 43.1 Å². The number of aromatic carboxylic acids is 1. The van der Waals surface area contributed by atoms with Crippen LogP contribution >= 0.6 is 27.3 Å². The molecule has 1 aromatic heterocycles. The number of hydrogen-bond acceptors (Lipinski definition) is 4. The Morgan fingerprint density at radius 1 is 1.30 bits per heavy atom. The lowest BCUT2D eigenvalue weighted by Crippen LogP contribution is -2.08. The summed E-state index contributed by atoms with van der Waals surface area (Å²) in [5.41, 5.74) is 0.521. The molecule has 0 saturated heterocycles. The zero-order chi connectivity index (χ0) is 14.9. The second-order valence-corrected chi connectivity index (χ2v) is 8.76. The lowest BCUT2D eigenvalue weighted by Gasteiger charge is -2.08. The van der Waals surface area contributed by atoms with Gasteiger partial charge in [0.1, 0.15) is 0 Å². The highest BCUT2D eigenvalue weighted by Crippen LogP contribution is 2.27. The molecule has 2 aromatic rings. The van der Waals surface area contributed by atoms with Crippen molar-refractivity contribution in [3.63, 3.8) is 0 Å². The Morgan fingerprint density at radius 2 is 2.00 bits per heavy atom. The van der Waals surface area contributed by atoms with Crippen molar-refractivity contribution in [3.05, 3.63) is 50.1 Å². The van der Waals surface area contributed by atoms with E-state index in [0.717, 1.165) is 3.79 Å². The third kappa shape index (κ3) is 3.28. The predicted octanol–water partition coefficient (Wildman–Crippen LogP) is 3.49. The van der Waals surface area contributed by atoms with Crippen LogP contribution in [0.25, 0.3) is 0 Å². The van der Waals surface area contributed by atoms with Crippen molar-refractivity contribution in [2.75, 3.05) is 0 Å². The number of aryl methyl sites for hydroxylation is 1. The highest BCUT2D eigenvalue weighted by atomic mass is 79.9. The Kier molecular flexibility index (Phi) is 4.31. The Hall–Kier alpha value is -1.18. The number of halogens is 1. The van der Waals surface area contributed by atoms with Crippen LogP contribution in [-0.2, 0) is 15.6 Å². The normalized spacial score (nSPS) is 11.5. The zero-order valence-corrected chi connectivity index (χ0v) is 13.7. The van der Waals surface area contributed by atoms with Crippen LogP contribution in [0.1, 0.15) is 20.8 Å². The lowest BCUT2D eigenvalue weighted by atomic mass is 10.1. The van der Waals surface area contributed by atoms with Crippen LogP contribution in [0.5, 0.6) is 0 Å². The van der Waals surface area contributed by atoms with Crippen molar-refractivity contribution in [2.45, 2.75) is 17.6 Å². The molecule has 0 spiro atoms. The molecule has 7 heteroatoms. The summed E-state index contributed by atoms with van der Waals surface area (Å²) in [6, 6.07) is 7.66. The van der Waals surface area contributed by atoms with Gasteiger partial charge in [0.2, 0.25) is 0 Å². The van der Waals surface area contributed by atoms with E-state index in [1.54, 1.807) is 19.1 Å². The summed E-state index contributed by atoms with van der Waals surface area (Å²) < 4.78 is 25.7. The molecule has 0 atom stereocenters. The monoisotopic (exact) mass is 374 g/mol. The first kappa shape index (κ1) is 15.2. The Morgan fingerprint density at radius 3 is 2.55 bits per heavy atom. The molecule has 0 bridgehead atoms. The average molecular weight is 375 g/mol. The molecule has 0 unspecified atom stereocenters. The third-order valence-electron chi connectivity index (χ3n) is 2.73. The molecule has 1 aromatic carbocycles. The van der Waals surface area contributed by atoms with Crippen molar-refractivity contribution in [1.29, 1.82) is 0 Å². The summed E-state index contributed by atoms with van der Waals surface area (Å²) in [5.74, 6) is -1.27. The summed E-state index contributed by atoms with van der Waals surface area (Å²) in [4.78, 5) is 11.7. The fourth-order valence-corrected chi connectivity index (χ4v) is 5.23. The van der Waals surface area contributed by atoms with Gasteiger partial charge in [-0.25, -0.2) is 13.2 Å². The van der Waals surface area contributed by atoms with Gasteiger partial charge in [0.15, 0.2) is 9.84 Å². The minimum absolute atomic E-state index is 0.0264. The van der Waals surface area contributed by atoms with Crippen molar-refractivity contribution < 1.29 is 18.3 Å². The van der Waals surface area contributed by atoms with Gasteiger partial charge in [-0.05, 0) is 52.7 Å². The lowest BCUT2D eigenvalue weighted by molar-refractivity contribution is 0.0696. The molecule has 106 valence electrons. The molecule has 0 aliphatic heterocycles. The summed E-state index contributed by atoms with van der Waals surface area (Å²) in [6.45, 7) is 1.66. The van der Waals surface area contributed by atoms with Crippen LogP contribution in [0.3, 0.4) is 0 Å². The van der Waals surface area contributed by atoms with E-state index in [9.17, 15) is 13.2 Å². The number of carboxylic acids is 1. The number of hydrogen-bond donors (Lipinski definition) is 1. The molecule has 20 heavy (non-hydrogen) atoms. The predicted molar refractivity (Wildman–Crippen MR) is 81.0 cm³/mol. The Bertz CT molecular complexity index is 762. The number of benzene rings is 1. The van der Waals surface area contributed by atoms with Crippen molar-refractivity contribution in [3.8, 4) is 0 Å². The van der Waals surface area contributed by atoms with Gasteiger partial charge in [-0.15, -0.1) is 11.3 Å². The fourth-order valence-electron chi connectivity index (χ4n) is 1.76. The molecule has 0 aliphatic rings. The van der Waals surface area contributed by atoms with E-state index in [2.05, 4.69) is 15.9 Å². The first-order chi connectivity index (χ1) is 9.29. The Balaban J connectivity index is 2.43. The first-order valence-electron chi connectivity index (χ1n) is 5.60. The summed E-state index contributed by atoms with van der Waals surface area (Å²) in [6.07, 6.45) is 0. The number of thiophene rings is 1. The minimum atomic E-state index is -3.56. The molecule has 1 heterocycles. The average Bonchev–Trinajstić information content (AvgIpc) is 2.73. The molecule has 0 aliphatic carbocycles. The highest BCUT2D eigenvalue weighted by molar-refractivity contribution is 9.11. The summed E-state index contributed by atoms with van der Waals surface area (Å²) >= 11 is 4.63. The molecule has 0 amide bonds. The minimum Gasteiger partial charge on any atom is -0.478 e. The van der Waals surface area contributed by atoms with Gasteiger partial charge in [-0.3, -0.25) is 0 Å². The van der Waals surface area contributed by atoms with E-state index < -0.39 is 15.8 Å². The maximum atomic E-state index is 12.4. The fraction of sp³-hybridized carbons (Fsp3) is 0.154. The molecule has 1 N–H and O–H groups in total. The largest absolute Gasteiger partial charge is 0.478 e. The standard InChI is InChI=1S/C13H11BrO4S2/c1-8-2-3-9(13(15)16)6-11(8)20(17,18)7-10-4-5-12(14)19-10/h2-6H,7H2,1H3,(H,15,16). The van der Waals surface area contributed by atoms with Crippen LogP contribution in [0.15, 0.2) is 39.0 Å². The van der Waals surface area contributed by atoms with E-state index in [1.165, 1.54) is 29.5 Å². The van der Waals surface area contributed by atoms with Gasteiger partial charge in [-0.1, -0.05) is 6.07 Å². The van der Waals surface area contributed by atoms with Gasteiger partial charge >= 0.3 is 5.97 Å². The van der Waals surface area contributed by atoms with E-state index in [4.69, 9.17) is 5.11 Å². The molecule has 4 nitrogen and oxygen atoms in total. The number of carbonyl (C=O) groups is 1. The molecule has 0 saturated carbocycles. The number of carboxylic acid groups (broad SMARTS) is 1. The molecular formula is C13H11BrO4S2. The van der Waals surface area contributed by atoms with Crippen LogP contribution in [-0.4, -0.2) is 19.5 Å². The third-order valence-corrected chi connectivity index (χ3v) is 6.34. The van der Waals surface area contributed by atoms with E-state index in [1.807, 2.05) is 0 Å². The quantitative estimate of drug-likeness (QED) is 0.888. The maximum Gasteiger partial charge on any atom is 0.335 e. The highest BCUT2D eigenvalue weighted by Gasteiger charge is 2.20. The summed E-state index contributed by atoms with van der Waals surface area (Å²) in [5, 5.41) is 8.96. The maximum absolute atomic E-state index is 12.4. The molecule has 2 rings (SSSR count). The summed E-state index contributed by atoms with van der Waals surface area (Å²) in [7, 11) is -3.56. The smallest absolute Gasteiger partial charge is 0.335 e. The molecule has 0 fully saturated rings. The van der Waals surface area contributed by atoms with E-state index >= 15 is 0 Å².